The summed E-state index contributed by atoms with van der Waals surface area (Å²) >= 11 is 1.58. The van der Waals surface area contributed by atoms with Crippen LogP contribution in [0.3, 0.4) is 0 Å². The zero-order chi connectivity index (χ0) is 10.8. The third-order valence-corrected chi connectivity index (χ3v) is 3.26. The van der Waals surface area contributed by atoms with Crippen LogP contribution in [-0.2, 0) is 4.74 Å². The normalized spacial score (nSPS) is 30.9. The Labute approximate surface area is 92.3 Å². The largest absolute Gasteiger partial charge is 0.393 e. The summed E-state index contributed by atoms with van der Waals surface area (Å²) < 4.78 is 5.57. The number of ether oxygens (including phenoxy) is 1. The smallest absolute Gasteiger partial charge is 0.145 e. The van der Waals surface area contributed by atoms with Crippen LogP contribution in [0.4, 0.5) is 0 Å². The topological polar surface area (TPSA) is 71.1 Å². The van der Waals surface area contributed by atoms with Crippen LogP contribution in [0.2, 0.25) is 0 Å². The lowest BCUT2D eigenvalue weighted by Crippen LogP contribution is -2.34. The van der Waals surface area contributed by atoms with E-state index in [1.807, 2.05) is 4.90 Å². The van der Waals surface area contributed by atoms with Gasteiger partial charge in [-0.1, -0.05) is 6.58 Å². The van der Waals surface area contributed by atoms with Crippen molar-refractivity contribution >= 4 is 17.6 Å². The van der Waals surface area contributed by atoms with Crippen LogP contribution < -0.4 is 5.73 Å². The van der Waals surface area contributed by atoms with Crippen LogP contribution in [0.5, 0.6) is 0 Å². The van der Waals surface area contributed by atoms with Gasteiger partial charge in [-0.05, 0) is 6.08 Å². The summed E-state index contributed by atoms with van der Waals surface area (Å²) in [6.07, 6.45) is 3.39. The average Bonchev–Trinajstić information content (AvgIpc) is 2.66. The van der Waals surface area contributed by atoms with Crippen LogP contribution in [0.25, 0.3) is 0 Å². The van der Waals surface area contributed by atoms with Crippen LogP contribution in [-0.4, -0.2) is 39.9 Å². The van der Waals surface area contributed by atoms with Crippen molar-refractivity contribution < 1.29 is 9.84 Å². The molecule has 15 heavy (non-hydrogen) atoms. The Morgan fingerprint density at radius 3 is 3.20 bits per heavy atom. The highest BCUT2D eigenvalue weighted by atomic mass is 32.2. The van der Waals surface area contributed by atoms with Gasteiger partial charge in [0.1, 0.15) is 23.3 Å². The lowest BCUT2D eigenvalue weighted by atomic mass is 10.4. The molecule has 0 aromatic heterocycles. The molecule has 0 bridgehead atoms. The standard InChI is InChI=1S/C9H13N3O2S/c1-6-11-7(10)2-3-12(6)8-5-15-9(4-13)14-8/h2-3,8-9,13H,1,4-5H2,(H2,10,11). The third-order valence-electron chi connectivity index (χ3n) is 2.15. The van der Waals surface area contributed by atoms with Crippen molar-refractivity contribution in [1.82, 2.24) is 4.90 Å². The molecule has 2 unspecified atom stereocenters. The lowest BCUT2D eigenvalue weighted by molar-refractivity contribution is -0.0241. The molecular formula is C9H13N3O2S. The second-order valence-electron chi connectivity index (χ2n) is 3.21. The summed E-state index contributed by atoms with van der Waals surface area (Å²) in [5.41, 5.74) is 5.38. The molecule has 0 saturated carbocycles. The molecule has 5 nitrogen and oxygen atoms in total. The Hall–Kier alpha value is -0.980. The Bertz CT molecular complexity index is 329. The highest BCUT2D eigenvalue weighted by molar-refractivity contribution is 8.00. The van der Waals surface area contributed by atoms with Crippen LogP contribution in [0.1, 0.15) is 0 Å². The summed E-state index contributed by atoms with van der Waals surface area (Å²) in [6.45, 7) is 3.82. The van der Waals surface area contributed by atoms with Gasteiger partial charge in [0.25, 0.3) is 0 Å². The molecule has 3 N–H and O–H groups in total. The first-order valence-electron chi connectivity index (χ1n) is 4.58. The van der Waals surface area contributed by atoms with Gasteiger partial charge in [-0.2, -0.15) is 0 Å². The monoisotopic (exact) mass is 227 g/mol. The number of nitrogens with two attached hydrogens (primary N) is 1. The molecule has 2 heterocycles. The first kappa shape index (κ1) is 10.5. The highest BCUT2D eigenvalue weighted by Crippen LogP contribution is 2.29. The first-order chi connectivity index (χ1) is 7.20. The molecule has 1 saturated heterocycles. The van der Waals surface area contributed by atoms with E-state index in [9.17, 15) is 0 Å². The predicted octanol–water partition coefficient (Wildman–Crippen LogP) is 0.0520. The molecule has 0 aromatic rings. The van der Waals surface area contributed by atoms with E-state index in [1.54, 1.807) is 24.0 Å². The van der Waals surface area contributed by atoms with Gasteiger partial charge >= 0.3 is 0 Å². The maximum Gasteiger partial charge on any atom is 0.145 e. The lowest BCUT2D eigenvalue weighted by Gasteiger charge is -2.28. The minimum atomic E-state index is -0.153. The van der Waals surface area contributed by atoms with Gasteiger partial charge < -0.3 is 20.5 Å². The summed E-state index contributed by atoms with van der Waals surface area (Å²) in [5.74, 6) is 1.80. The fourth-order valence-electron chi connectivity index (χ4n) is 1.43. The van der Waals surface area contributed by atoms with Gasteiger partial charge in [-0.3, -0.25) is 0 Å². The van der Waals surface area contributed by atoms with Gasteiger partial charge in [0.15, 0.2) is 0 Å². The van der Waals surface area contributed by atoms with E-state index >= 15 is 0 Å². The molecule has 2 aliphatic rings. The van der Waals surface area contributed by atoms with Crippen LogP contribution >= 0.6 is 11.8 Å². The summed E-state index contributed by atoms with van der Waals surface area (Å²) in [7, 11) is 0. The van der Waals surface area contributed by atoms with Crippen molar-refractivity contribution in [2.24, 2.45) is 10.7 Å². The summed E-state index contributed by atoms with van der Waals surface area (Å²) in [6, 6.07) is 0. The van der Waals surface area contributed by atoms with Crippen molar-refractivity contribution in [3.05, 3.63) is 24.7 Å². The van der Waals surface area contributed by atoms with Crippen molar-refractivity contribution in [3.63, 3.8) is 0 Å². The number of aliphatic hydroxyl groups is 1. The Morgan fingerprint density at radius 2 is 2.60 bits per heavy atom. The highest BCUT2D eigenvalue weighted by Gasteiger charge is 2.30. The van der Waals surface area contributed by atoms with E-state index in [4.69, 9.17) is 15.6 Å². The number of aliphatic imine (C=N–C) groups is 1. The first-order valence-corrected chi connectivity index (χ1v) is 5.63. The quantitative estimate of drug-likeness (QED) is 0.697. The molecule has 0 radical (unpaired) electrons. The molecule has 0 spiro atoms. The number of hydrogen-bond acceptors (Lipinski definition) is 6. The van der Waals surface area contributed by atoms with Crippen LogP contribution in [0.15, 0.2) is 29.7 Å². The third kappa shape index (κ3) is 2.17. The van der Waals surface area contributed by atoms with E-state index in [1.165, 1.54) is 0 Å². The molecule has 2 rings (SSSR count). The van der Waals surface area contributed by atoms with Crippen molar-refractivity contribution in [2.75, 3.05) is 12.4 Å². The second kappa shape index (κ2) is 4.26. The fourth-order valence-corrected chi connectivity index (χ4v) is 2.36. The zero-order valence-corrected chi connectivity index (χ0v) is 8.98. The number of aliphatic hydroxyl groups excluding tert-OH is 1. The maximum absolute atomic E-state index is 8.94. The molecule has 82 valence electrons. The number of hydrogen-bond donors (Lipinski definition) is 2. The van der Waals surface area contributed by atoms with Gasteiger partial charge in [-0.25, -0.2) is 4.99 Å². The van der Waals surface area contributed by atoms with E-state index in [0.717, 1.165) is 5.75 Å². The van der Waals surface area contributed by atoms with E-state index in [0.29, 0.717) is 11.7 Å². The van der Waals surface area contributed by atoms with E-state index in [2.05, 4.69) is 11.6 Å². The molecule has 0 aliphatic carbocycles. The maximum atomic E-state index is 8.94. The summed E-state index contributed by atoms with van der Waals surface area (Å²) in [4.78, 5) is 5.87. The molecule has 0 aromatic carbocycles. The Balaban J connectivity index is 2.02. The zero-order valence-electron chi connectivity index (χ0n) is 8.17. The summed E-state index contributed by atoms with van der Waals surface area (Å²) in [5, 5.41) is 8.94. The SMILES string of the molecule is C=C1N=C(N)C=CN1C1CSC(CO)O1. The van der Waals surface area contributed by atoms with E-state index in [-0.39, 0.29) is 18.3 Å². The minimum absolute atomic E-state index is 0.0244. The van der Waals surface area contributed by atoms with Crippen molar-refractivity contribution in [2.45, 2.75) is 11.7 Å². The van der Waals surface area contributed by atoms with Gasteiger partial charge in [0.05, 0.1) is 6.61 Å². The van der Waals surface area contributed by atoms with Crippen molar-refractivity contribution in [3.8, 4) is 0 Å². The molecule has 0 amide bonds. The van der Waals surface area contributed by atoms with Gasteiger partial charge in [-0.15, -0.1) is 11.8 Å². The Kier molecular flexibility index (Phi) is 2.99. The van der Waals surface area contributed by atoms with Crippen molar-refractivity contribution in [1.29, 1.82) is 0 Å². The number of thioether (sulfide) groups is 1. The van der Waals surface area contributed by atoms with Gasteiger partial charge in [0.2, 0.25) is 0 Å². The number of nitrogens with zero attached hydrogens (tertiary/aromatic N) is 2. The number of rotatable bonds is 2. The molecular weight excluding hydrogens is 214 g/mol. The molecule has 2 aliphatic heterocycles. The van der Waals surface area contributed by atoms with Gasteiger partial charge in [0, 0.05) is 12.0 Å². The van der Waals surface area contributed by atoms with Crippen LogP contribution in [0, 0.1) is 0 Å². The minimum Gasteiger partial charge on any atom is -0.393 e. The molecule has 2 atom stereocenters. The number of amidine groups is 1. The van der Waals surface area contributed by atoms with E-state index < -0.39 is 0 Å². The predicted molar refractivity (Wildman–Crippen MR) is 59.9 cm³/mol. The average molecular weight is 227 g/mol. The molecule has 1 fully saturated rings. The Morgan fingerprint density at radius 1 is 1.80 bits per heavy atom. The second-order valence-corrected chi connectivity index (χ2v) is 4.40. The molecule has 6 heteroatoms. The fraction of sp³-hybridized carbons (Fsp3) is 0.444.